The van der Waals surface area contributed by atoms with E-state index in [4.69, 9.17) is 24.7 Å². The third kappa shape index (κ3) is 6.84. The topological polar surface area (TPSA) is 272 Å². The highest BCUT2D eigenvalue weighted by atomic mass is 16.7. The number of benzene rings is 3. The molecule has 8 rings (SSSR count). The Morgan fingerprint density at radius 1 is 1.03 bits per heavy atom. The Kier molecular flexibility index (Phi) is 11.1. The van der Waals surface area contributed by atoms with Crippen LogP contribution in [0.25, 0.3) is 0 Å². The average Bonchev–Trinajstić information content (AvgIpc) is 3.63. The molecule has 1 aliphatic carbocycles. The van der Waals surface area contributed by atoms with Crippen molar-refractivity contribution in [3.8, 4) is 11.5 Å². The molecule has 2 bridgehead atoms. The maximum Gasteiger partial charge on any atom is 0.242 e. The largest absolute Gasteiger partial charge is 0.486 e. The standard InChI is InChI=1S/C40H45N5O13/c41-39-43-36-29(37(53)44-39)42-18-45(36)26-8-4-3-5-21(26)20-10-14-55-17-27-32(51)35(52)40(54,11-13-47)38(57-27)58-33-24(20)15-25-28(34(33)56-16-19(48)9-12-46)31(50)23-7-2-1-6-22(23)30(25)49/h1-8,12,15,19-20,27,29,32,35-36,38-39,42-43,47-48,51-52,54H,9-11,13-14,16-18,41H2,(H,44,53). The molecule has 10 atom stereocenters. The molecule has 3 fully saturated rings. The molecule has 0 radical (unpaired) electrons. The van der Waals surface area contributed by atoms with Crippen LogP contribution in [0.4, 0.5) is 5.69 Å². The number of nitrogens with two attached hydrogens (primary N) is 1. The first-order chi connectivity index (χ1) is 28.0. The summed E-state index contributed by atoms with van der Waals surface area (Å²) in [5.41, 5.74) is 5.20. The molecule has 5 aliphatic rings. The molecule has 18 nitrogen and oxygen atoms in total. The number of nitrogens with one attached hydrogen (secondary N) is 3. The van der Waals surface area contributed by atoms with Crippen LogP contribution in [0.2, 0.25) is 0 Å². The molecular weight excluding hydrogens is 758 g/mol. The first-order valence-corrected chi connectivity index (χ1v) is 19.1. The molecule has 1 amide bonds. The molecule has 58 heavy (non-hydrogen) atoms. The summed E-state index contributed by atoms with van der Waals surface area (Å²) < 4.78 is 25.1. The average molecular weight is 804 g/mol. The number of aliphatic hydroxyl groups is 5. The Bertz CT molecular complexity index is 2100. The molecule has 10 unspecified atom stereocenters. The summed E-state index contributed by atoms with van der Waals surface area (Å²) in [5.74, 6) is -2.70. The van der Waals surface area contributed by atoms with E-state index in [1.807, 2.05) is 23.1 Å². The molecule has 0 spiro atoms. The second-order valence-electron chi connectivity index (χ2n) is 15.0. The van der Waals surface area contributed by atoms with Crippen LogP contribution in [-0.2, 0) is 19.1 Å². The Labute approximate surface area is 331 Å². The molecule has 3 aromatic rings. The monoisotopic (exact) mass is 803 g/mol. The van der Waals surface area contributed by atoms with Crippen molar-refractivity contribution in [2.24, 2.45) is 5.73 Å². The van der Waals surface area contributed by atoms with E-state index in [-0.39, 0.29) is 77.9 Å². The van der Waals surface area contributed by atoms with Crippen molar-refractivity contribution >= 4 is 29.4 Å². The molecule has 3 saturated heterocycles. The van der Waals surface area contributed by atoms with Crippen molar-refractivity contribution in [2.75, 3.05) is 38.0 Å². The molecule has 308 valence electrons. The van der Waals surface area contributed by atoms with Crippen LogP contribution in [-0.4, -0.2) is 137 Å². The van der Waals surface area contributed by atoms with Gasteiger partial charge in [-0.2, -0.15) is 0 Å². The van der Waals surface area contributed by atoms with E-state index in [0.717, 1.165) is 0 Å². The van der Waals surface area contributed by atoms with Crippen LogP contribution in [0.1, 0.15) is 68.2 Å². The minimum atomic E-state index is -2.44. The van der Waals surface area contributed by atoms with Crippen LogP contribution < -0.4 is 36.1 Å². The van der Waals surface area contributed by atoms with Crippen LogP contribution in [0.3, 0.4) is 0 Å². The third-order valence-corrected chi connectivity index (χ3v) is 11.5. The lowest BCUT2D eigenvalue weighted by molar-refractivity contribution is -0.324. The Balaban J connectivity index is 1.37. The zero-order valence-electron chi connectivity index (χ0n) is 31.2. The summed E-state index contributed by atoms with van der Waals surface area (Å²) in [4.78, 5) is 55.2. The lowest BCUT2D eigenvalue weighted by Crippen LogP contribution is -2.70. The van der Waals surface area contributed by atoms with E-state index in [1.54, 1.807) is 18.2 Å². The number of hydrogen-bond acceptors (Lipinski definition) is 17. The number of ketones is 2. The number of hydrogen-bond donors (Lipinski definition) is 9. The minimum absolute atomic E-state index is 0.0174. The summed E-state index contributed by atoms with van der Waals surface area (Å²) in [5, 5.41) is 64.4. The molecule has 3 aromatic carbocycles. The van der Waals surface area contributed by atoms with E-state index in [0.29, 0.717) is 17.5 Å². The number of carbonyl (C=O) groups excluding carboxylic acids is 4. The summed E-state index contributed by atoms with van der Waals surface area (Å²) in [6, 6.07) is 14.4. The summed E-state index contributed by atoms with van der Waals surface area (Å²) in [6.45, 7) is -1.21. The predicted molar refractivity (Wildman–Crippen MR) is 201 cm³/mol. The molecule has 10 N–H and O–H groups in total. The van der Waals surface area contributed by atoms with Gasteiger partial charge in [-0.05, 0) is 24.1 Å². The molecule has 0 aromatic heterocycles. The van der Waals surface area contributed by atoms with Gasteiger partial charge in [0.2, 0.25) is 12.2 Å². The number of fused-ring (bicyclic) bond motifs is 6. The van der Waals surface area contributed by atoms with E-state index >= 15 is 0 Å². The SMILES string of the molecule is NC1NC(=O)C2NCN(c3ccccc3C3CCOCC4OC(Oc5c3cc3c(c5OCC(O)CC=O)C(=O)c5ccccc5C3=O)C(O)(CCO)C(O)C4O)C2N1. The van der Waals surface area contributed by atoms with Gasteiger partial charge in [0.05, 0.1) is 24.9 Å². The normalized spacial score (nSPS) is 31.1. The Morgan fingerprint density at radius 2 is 1.78 bits per heavy atom. The fourth-order valence-corrected chi connectivity index (χ4v) is 8.55. The zero-order chi connectivity index (χ0) is 40.9. The number of nitrogens with zero attached hydrogens (tertiary/aromatic N) is 1. The van der Waals surface area contributed by atoms with Gasteiger partial charge in [-0.1, -0.05) is 42.5 Å². The quantitative estimate of drug-likeness (QED) is 0.0854. The van der Waals surface area contributed by atoms with Gasteiger partial charge in [0.1, 0.15) is 49.7 Å². The lowest BCUT2D eigenvalue weighted by Gasteiger charge is -2.47. The van der Waals surface area contributed by atoms with Gasteiger partial charge in [0, 0.05) is 59.9 Å². The molecule has 18 heteroatoms. The van der Waals surface area contributed by atoms with Crippen molar-refractivity contribution in [2.45, 2.75) is 80.0 Å². The number of aldehydes is 1. The number of para-hydroxylation sites is 1. The van der Waals surface area contributed by atoms with Crippen LogP contribution >= 0.6 is 0 Å². The van der Waals surface area contributed by atoms with Gasteiger partial charge in [-0.25, -0.2) is 0 Å². The minimum Gasteiger partial charge on any atom is -0.486 e. The van der Waals surface area contributed by atoms with Gasteiger partial charge in [0.25, 0.3) is 0 Å². The first kappa shape index (κ1) is 39.9. The number of amides is 1. The maximum absolute atomic E-state index is 14.5. The Hall–Kier alpha value is -4.86. The smallest absolute Gasteiger partial charge is 0.242 e. The number of ether oxygens (including phenoxy) is 4. The summed E-state index contributed by atoms with van der Waals surface area (Å²) in [7, 11) is 0. The number of carbonyl (C=O) groups is 4. The van der Waals surface area contributed by atoms with Crippen molar-refractivity contribution in [1.82, 2.24) is 16.0 Å². The summed E-state index contributed by atoms with van der Waals surface area (Å²) >= 11 is 0. The number of aliphatic hydroxyl groups excluding tert-OH is 4. The lowest BCUT2D eigenvalue weighted by atomic mass is 9.78. The van der Waals surface area contributed by atoms with Crippen molar-refractivity contribution < 1.29 is 63.7 Å². The van der Waals surface area contributed by atoms with Crippen LogP contribution in [0.15, 0.2) is 54.6 Å². The molecule has 4 heterocycles. The van der Waals surface area contributed by atoms with Crippen LogP contribution in [0, 0.1) is 0 Å². The first-order valence-electron chi connectivity index (χ1n) is 19.1. The highest BCUT2D eigenvalue weighted by Gasteiger charge is 2.57. The van der Waals surface area contributed by atoms with E-state index in [2.05, 4.69) is 16.0 Å². The fraction of sp³-hybridized carbons (Fsp3) is 0.450. The molecule has 4 aliphatic heterocycles. The Morgan fingerprint density at radius 3 is 2.53 bits per heavy atom. The molecular formula is C40H45N5O13. The highest BCUT2D eigenvalue weighted by molar-refractivity contribution is 6.29. The second-order valence-corrected chi connectivity index (χ2v) is 15.0. The number of rotatable bonds is 9. The zero-order valence-corrected chi connectivity index (χ0v) is 31.2. The van der Waals surface area contributed by atoms with Gasteiger partial charge < -0.3 is 59.5 Å². The van der Waals surface area contributed by atoms with Crippen LogP contribution in [0.5, 0.6) is 11.5 Å². The van der Waals surface area contributed by atoms with E-state index in [9.17, 15) is 44.7 Å². The fourth-order valence-electron chi connectivity index (χ4n) is 8.55. The van der Waals surface area contributed by atoms with Crippen molar-refractivity contribution in [3.63, 3.8) is 0 Å². The maximum atomic E-state index is 14.5. The predicted octanol–water partition coefficient (Wildman–Crippen LogP) is -1.69. The third-order valence-electron chi connectivity index (χ3n) is 11.5. The van der Waals surface area contributed by atoms with Gasteiger partial charge in [0.15, 0.2) is 28.7 Å². The van der Waals surface area contributed by atoms with Gasteiger partial charge >= 0.3 is 0 Å². The van der Waals surface area contributed by atoms with Crippen molar-refractivity contribution in [3.05, 3.63) is 88.0 Å². The van der Waals surface area contributed by atoms with E-state index < -0.39 is 91.9 Å². The molecule has 0 saturated carbocycles. The highest BCUT2D eigenvalue weighted by Crippen LogP contribution is 2.50. The van der Waals surface area contributed by atoms with Crippen molar-refractivity contribution in [1.29, 1.82) is 0 Å². The van der Waals surface area contributed by atoms with Gasteiger partial charge in [-0.3, -0.25) is 30.8 Å². The van der Waals surface area contributed by atoms with Gasteiger partial charge in [-0.15, -0.1) is 0 Å². The number of anilines is 1. The summed E-state index contributed by atoms with van der Waals surface area (Å²) in [6.07, 6.45) is -9.60. The van der Waals surface area contributed by atoms with E-state index in [1.165, 1.54) is 18.2 Å². The second kappa shape index (κ2) is 16.1.